The number of carbonyl (C=O) groups is 1. The van der Waals surface area contributed by atoms with E-state index >= 15 is 0 Å². The molecule has 0 unspecified atom stereocenters. The van der Waals surface area contributed by atoms with Crippen molar-refractivity contribution in [2.45, 2.75) is 41.2 Å². The lowest BCUT2D eigenvalue weighted by molar-refractivity contribution is 0.0517. The van der Waals surface area contributed by atoms with Crippen molar-refractivity contribution in [2.24, 2.45) is 0 Å². The summed E-state index contributed by atoms with van der Waals surface area (Å²) in [7, 11) is 0. The van der Waals surface area contributed by atoms with Crippen LogP contribution in [0, 0.1) is 33.5 Å². The summed E-state index contributed by atoms with van der Waals surface area (Å²) in [6.07, 6.45) is 1.88. The van der Waals surface area contributed by atoms with Gasteiger partial charge in [0, 0.05) is 12.7 Å². The third kappa shape index (κ3) is 3.65. The fourth-order valence-electron chi connectivity index (χ4n) is 3.37. The number of ether oxygens (including phenoxy) is 1. The van der Waals surface area contributed by atoms with Gasteiger partial charge in [0.05, 0.1) is 18.0 Å². The van der Waals surface area contributed by atoms with Gasteiger partial charge >= 0.3 is 5.97 Å². The van der Waals surface area contributed by atoms with Gasteiger partial charge in [-0.3, -0.25) is 4.40 Å². The number of benzene rings is 1. The summed E-state index contributed by atoms with van der Waals surface area (Å²) in [5.41, 5.74) is 6.37. The highest BCUT2D eigenvalue weighted by atomic mass is 19.1. The van der Waals surface area contributed by atoms with Gasteiger partial charge in [0.1, 0.15) is 5.82 Å². The number of nitrogens with one attached hydrogen (secondary N) is 1. The average Bonchev–Trinajstić information content (AvgIpc) is 2.89. The standard InChI is InChI=1S/C21H24FN3O2/c1-6-27-21(26)19-15(5)24-20-18(7-12(2)11-25(19)20)23-10-17-13(3)8-16(22)9-14(17)4/h7-9,11,23H,6,10H2,1-5H3. The largest absolute Gasteiger partial charge is 0.461 e. The predicted molar refractivity (Wildman–Crippen MR) is 104 cm³/mol. The molecule has 2 heterocycles. The summed E-state index contributed by atoms with van der Waals surface area (Å²) in [5, 5.41) is 3.40. The number of rotatable bonds is 5. The monoisotopic (exact) mass is 369 g/mol. The van der Waals surface area contributed by atoms with Crippen LogP contribution in [0.2, 0.25) is 0 Å². The second-order valence-corrected chi connectivity index (χ2v) is 6.76. The van der Waals surface area contributed by atoms with E-state index in [1.54, 1.807) is 18.2 Å². The Morgan fingerprint density at radius 1 is 1.19 bits per heavy atom. The van der Waals surface area contributed by atoms with Crippen LogP contribution in [0.25, 0.3) is 5.65 Å². The Morgan fingerprint density at radius 2 is 1.85 bits per heavy atom. The molecule has 3 rings (SSSR count). The number of anilines is 1. The van der Waals surface area contributed by atoms with E-state index in [1.807, 2.05) is 33.0 Å². The fourth-order valence-corrected chi connectivity index (χ4v) is 3.37. The van der Waals surface area contributed by atoms with E-state index in [0.29, 0.717) is 30.2 Å². The molecule has 3 aromatic rings. The van der Waals surface area contributed by atoms with Gasteiger partial charge in [0.25, 0.3) is 0 Å². The summed E-state index contributed by atoms with van der Waals surface area (Å²) >= 11 is 0. The number of hydrogen-bond donors (Lipinski definition) is 1. The number of aryl methyl sites for hydroxylation is 4. The Morgan fingerprint density at radius 3 is 2.48 bits per heavy atom. The molecule has 0 spiro atoms. The molecule has 0 radical (unpaired) electrons. The molecule has 27 heavy (non-hydrogen) atoms. The quantitative estimate of drug-likeness (QED) is 0.673. The smallest absolute Gasteiger partial charge is 0.357 e. The maximum atomic E-state index is 13.5. The molecule has 142 valence electrons. The molecule has 2 aromatic heterocycles. The van der Waals surface area contributed by atoms with Gasteiger partial charge < -0.3 is 10.1 Å². The van der Waals surface area contributed by atoms with Crippen molar-refractivity contribution in [3.8, 4) is 0 Å². The summed E-state index contributed by atoms with van der Waals surface area (Å²) in [6.45, 7) is 10.2. The number of hydrogen-bond acceptors (Lipinski definition) is 4. The highest BCUT2D eigenvalue weighted by molar-refractivity contribution is 5.91. The molecule has 1 N–H and O–H groups in total. The lowest BCUT2D eigenvalue weighted by Gasteiger charge is -2.14. The van der Waals surface area contributed by atoms with Gasteiger partial charge in [-0.15, -0.1) is 0 Å². The number of carbonyl (C=O) groups excluding carboxylic acids is 1. The topological polar surface area (TPSA) is 55.6 Å². The normalized spacial score (nSPS) is 11.0. The Labute approximate surface area is 158 Å². The van der Waals surface area contributed by atoms with Crippen LogP contribution >= 0.6 is 0 Å². The van der Waals surface area contributed by atoms with Crippen molar-refractivity contribution in [2.75, 3.05) is 11.9 Å². The van der Waals surface area contributed by atoms with Crippen LogP contribution in [-0.2, 0) is 11.3 Å². The summed E-state index contributed by atoms with van der Waals surface area (Å²) in [6, 6.07) is 5.06. The van der Waals surface area contributed by atoms with E-state index in [0.717, 1.165) is 27.9 Å². The van der Waals surface area contributed by atoms with Crippen LogP contribution in [0.4, 0.5) is 10.1 Å². The van der Waals surface area contributed by atoms with Gasteiger partial charge in [-0.1, -0.05) is 0 Å². The van der Waals surface area contributed by atoms with Gasteiger partial charge in [0.2, 0.25) is 0 Å². The van der Waals surface area contributed by atoms with Crippen LogP contribution in [0.15, 0.2) is 24.4 Å². The second-order valence-electron chi connectivity index (χ2n) is 6.76. The van der Waals surface area contributed by atoms with Crippen LogP contribution in [0.3, 0.4) is 0 Å². The molecule has 0 aliphatic carbocycles. The van der Waals surface area contributed by atoms with Crippen molar-refractivity contribution in [1.82, 2.24) is 9.38 Å². The molecular weight excluding hydrogens is 345 g/mol. The maximum Gasteiger partial charge on any atom is 0.357 e. The van der Waals surface area contributed by atoms with Crippen LogP contribution in [0.1, 0.15) is 45.4 Å². The second kappa shape index (κ2) is 7.39. The van der Waals surface area contributed by atoms with Crippen LogP contribution < -0.4 is 5.32 Å². The number of aromatic nitrogens is 2. The van der Waals surface area contributed by atoms with E-state index in [2.05, 4.69) is 10.3 Å². The van der Waals surface area contributed by atoms with E-state index in [-0.39, 0.29) is 11.8 Å². The first-order valence-corrected chi connectivity index (χ1v) is 8.97. The Hall–Kier alpha value is -2.89. The SMILES string of the molecule is CCOC(=O)c1c(C)nc2c(NCc3c(C)cc(F)cc3C)cc(C)cn12. The number of imidazole rings is 1. The minimum atomic E-state index is -0.385. The van der Waals surface area contributed by atoms with E-state index in [1.165, 1.54) is 12.1 Å². The predicted octanol–water partition coefficient (Wildman–Crippen LogP) is 4.50. The molecule has 5 nitrogen and oxygen atoms in total. The molecule has 1 aromatic carbocycles. The lowest BCUT2D eigenvalue weighted by atomic mass is 10.0. The molecule has 0 saturated heterocycles. The van der Waals surface area contributed by atoms with Gasteiger partial charge in [-0.05, 0) is 75.1 Å². The minimum Gasteiger partial charge on any atom is -0.461 e. The van der Waals surface area contributed by atoms with Gasteiger partial charge in [-0.2, -0.15) is 0 Å². The fraction of sp³-hybridized carbons (Fsp3) is 0.333. The third-order valence-electron chi connectivity index (χ3n) is 4.62. The molecule has 0 atom stereocenters. The Balaban J connectivity index is 2.01. The highest BCUT2D eigenvalue weighted by Gasteiger charge is 2.20. The third-order valence-corrected chi connectivity index (χ3v) is 4.62. The van der Waals surface area contributed by atoms with Gasteiger partial charge in [0.15, 0.2) is 11.3 Å². The lowest BCUT2D eigenvalue weighted by Crippen LogP contribution is -2.10. The molecule has 0 aliphatic rings. The summed E-state index contributed by atoms with van der Waals surface area (Å²) in [5.74, 6) is -0.612. The minimum absolute atomic E-state index is 0.227. The first-order valence-electron chi connectivity index (χ1n) is 8.97. The summed E-state index contributed by atoms with van der Waals surface area (Å²) < 4.78 is 20.5. The van der Waals surface area contributed by atoms with Crippen molar-refractivity contribution >= 4 is 17.3 Å². The number of pyridine rings is 1. The molecule has 0 amide bonds. The zero-order valence-corrected chi connectivity index (χ0v) is 16.3. The molecular formula is C21H24FN3O2. The van der Waals surface area contributed by atoms with Crippen LogP contribution in [-0.4, -0.2) is 22.0 Å². The first-order chi connectivity index (χ1) is 12.8. The highest BCUT2D eigenvalue weighted by Crippen LogP contribution is 2.24. The first kappa shape index (κ1) is 18.9. The molecule has 6 heteroatoms. The van der Waals surface area contributed by atoms with Gasteiger partial charge in [-0.25, -0.2) is 14.2 Å². The zero-order chi connectivity index (χ0) is 19.7. The Bertz CT molecular complexity index is 1000. The van der Waals surface area contributed by atoms with Crippen molar-refractivity contribution in [3.05, 3.63) is 63.9 Å². The molecule has 0 aliphatic heterocycles. The maximum absolute atomic E-state index is 13.5. The number of esters is 1. The molecule has 0 saturated carbocycles. The van der Waals surface area contributed by atoms with E-state index < -0.39 is 0 Å². The summed E-state index contributed by atoms with van der Waals surface area (Å²) in [4.78, 5) is 16.9. The number of halogens is 1. The average molecular weight is 369 g/mol. The Kier molecular flexibility index (Phi) is 5.17. The number of fused-ring (bicyclic) bond motifs is 1. The van der Waals surface area contributed by atoms with Crippen molar-refractivity contribution < 1.29 is 13.9 Å². The molecule has 0 bridgehead atoms. The van der Waals surface area contributed by atoms with Crippen molar-refractivity contribution in [1.29, 1.82) is 0 Å². The van der Waals surface area contributed by atoms with E-state index in [4.69, 9.17) is 4.74 Å². The molecule has 0 fully saturated rings. The van der Waals surface area contributed by atoms with E-state index in [9.17, 15) is 9.18 Å². The number of nitrogens with zero attached hydrogens (tertiary/aromatic N) is 2. The zero-order valence-electron chi connectivity index (χ0n) is 16.3. The van der Waals surface area contributed by atoms with Crippen LogP contribution in [0.5, 0.6) is 0 Å². The van der Waals surface area contributed by atoms with Crippen molar-refractivity contribution in [3.63, 3.8) is 0 Å².